The third-order valence-corrected chi connectivity index (χ3v) is 5.64. The zero-order valence-corrected chi connectivity index (χ0v) is 16.1. The molecule has 0 aliphatic heterocycles. The van der Waals surface area contributed by atoms with Gasteiger partial charge in [-0.15, -0.1) is 11.3 Å². The average Bonchev–Trinajstić information content (AvgIpc) is 2.94. The molecule has 138 valence electrons. The standard InChI is InChI=1S/C20H23FN2O2S/c1-20(2,3)19(25)23-18-16(12-8-4-7-11-15(12)26-18)17(24)22-14-10-6-5-9-13(14)21/h5-6,9-10H,4,7-8,11H2,1-3H3,(H,22,24)(H,23,25). The quantitative estimate of drug-likeness (QED) is 0.794. The average molecular weight is 374 g/mol. The summed E-state index contributed by atoms with van der Waals surface area (Å²) in [5.74, 6) is -1.00. The Hall–Kier alpha value is -2.21. The fourth-order valence-electron chi connectivity index (χ4n) is 2.93. The molecule has 26 heavy (non-hydrogen) atoms. The number of hydrogen-bond acceptors (Lipinski definition) is 3. The largest absolute Gasteiger partial charge is 0.319 e. The van der Waals surface area contributed by atoms with Crippen molar-refractivity contribution in [3.63, 3.8) is 0 Å². The van der Waals surface area contributed by atoms with E-state index in [1.54, 1.807) is 12.1 Å². The summed E-state index contributed by atoms with van der Waals surface area (Å²) >= 11 is 1.46. The fourth-order valence-corrected chi connectivity index (χ4v) is 4.21. The molecule has 0 spiro atoms. The lowest BCUT2D eigenvalue weighted by molar-refractivity contribution is -0.123. The van der Waals surface area contributed by atoms with Crippen LogP contribution in [0.3, 0.4) is 0 Å². The van der Waals surface area contributed by atoms with Crippen LogP contribution in [0.5, 0.6) is 0 Å². The second kappa shape index (κ2) is 7.19. The normalized spacial score (nSPS) is 13.8. The van der Waals surface area contributed by atoms with Crippen LogP contribution < -0.4 is 10.6 Å². The van der Waals surface area contributed by atoms with Gasteiger partial charge in [-0.3, -0.25) is 9.59 Å². The van der Waals surface area contributed by atoms with Crippen LogP contribution in [0.4, 0.5) is 15.1 Å². The summed E-state index contributed by atoms with van der Waals surface area (Å²) in [5, 5.41) is 6.13. The Morgan fingerprint density at radius 2 is 1.77 bits per heavy atom. The number of carbonyl (C=O) groups is 2. The molecule has 2 N–H and O–H groups in total. The van der Waals surface area contributed by atoms with Gasteiger partial charge in [0.05, 0.1) is 11.3 Å². The molecule has 1 aromatic heterocycles. The van der Waals surface area contributed by atoms with Crippen molar-refractivity contribution in [2.45, 2.75) is 46.5 Å². The molecule has 0 radical (unpaired) electrons. The maximum Gasteiger partial charge on any atom is 0.259 e. The highest BCUT2D eigenvalue weighted by molar-refractivity contribution is 7.17. The number of anilines is 2. The Morgan fingerprint density at radius 1 is 1.08 bits per heavy atom. The highest BCUT2D eigenvalue weighted by Gasteiger charge is 2.29. The van der Waals surface area contributed by atoms with Gasteiger partial charge in [0.1, 0.15) is 10.8 Å². The van der Waals surface area contributed by atoms with Crippen LogP contribution in [0.1, 0.15) is 54.4 Å². The van der Waals surface area contributed by atoms with Crippen molar-refractivity contribution < 1.29 is 14.0 Å². The molecule has 1 aliphatic rings. The molecule has 0 fully saturated rings. The van der Waals surface area contributed by atoms with Crippen molar-refractivity contribution in [1.82, 2.24) is 0 Å². The highest BCUT2D eigenvalue weighted by atomic mass is 32.1. The van der Waals surface area contributed by atoms with E-state index in [0.717, 1.165) is 36.1 Å². The summed E-state index contributed by atoms with van der Waals surface area (Å²) in [7, 11) is 0. The van der Waals surface area contributed by atoms with Gasteiger partial charge in [-0.1, -0.05) is 32.9 Å². The van der Waals surface area contributed by atoms with E-state index < -0.39 is 11.2 Å². The molecule has 4 nitrogen and oxygen atoms in total. The van der Waals surface area contributed by atoms with Gasteiger partial charge in [0.2, 0.25) is 5.91 Å². The second-order valence-corrected chi connectivity index (χ2v) is 8.66. The number of thiophene rings is 1. The van der Waals surface area contributed by atoms with Crippen LogP contribution in [-0.2, 0) is 17.6 Å². The van der Waals surface area contributed by atoms with E-state index in [1.165, 1.54) is 23.5 Å². The van der Waals surface area contributed by atoms with Crippen LogP contribution in [0.25, 0.3) is 0 Å². The number of halogens is 1. The maximum atomic E-state index is 13.9. The fraction of sp³-hybridized carbons (Fsp3) is 0.400. The minimum absolute atomic E-state index is 0.140. The first-order valence-electron chi connectivity index (χ1n) is 8.79. The van der Waals surface area contributed by atoms with E-state index in [9.17, 15) is 14.0 Å². The molecule has 0 saturated heterocycles. The number of para-hydroxylation sites is 1. The zero-order valence-electron chi connectivity index (χ0n) is 15.2. The minimum Gasteiger partial charge on any atom is -0.319 e. The summed E-state index contributed by atoms with van der Waals surface area (Å²) in [6, 6.07) is 6.08. The Bertz CT molecular complexity index is 852. The lowest BCUT2D eigenvalue weighted by Gasteiger charge is -2.18. The summed E-state index contributed by atoms with van der Waals surface area (Å²) in [4.78, 5) is 26.5. The molecule has 0 saturated carbocycles. The number of fused-ring (bicyclic) bond motifs is 1. The van der Waals surface area contributed by atoms with E-state index in [0.29, 0.717) is 10.6 Å². The van der Waals surface area contributed by atoms with Crippen molar-refractivity contribution in [3.8, 4) is 0 Å². The molecular weight excluding hydrogens is 351 g/mol. The molecule has 0 unspecified atom stereocenters. The number of rotatable bonds is 3. The molecule has 0 atom stereocenters. The number of aryl methyl sites for hydroxylation is 1. The highest BCUT2D eigenvalue weighted by Crippen LogP contribution is 2.39. The Labute approximate surface area is 156 Å². The second-order valence-electron chi connectivity index (χ2n) is 7.55. The number of hydrogen-bond donors (Lipinski definition) is 2. The summed E-state index contributed by atoms with van der Waals surface area (Å²) in [5.41, 5.74) is 1.04. The molecule has 0 bridgehead atoms. The predicted octanol–water partition coefficient (Wildman–Crippen LogP) is 5.00. The third-order valence-electron chi connectivity index (χ3n) is 4.43. The van der Waals surface area contributed by atoms with E-state index in [-0.39, 0.29) is 17.5 Å². The van der Waals surface area contributed by atoms with Crippen LogP contribution in [0.2, 0.25) is 0 Å². The van der Waals surface area contributed by atoms with Gasteiger partial charge in [0, 0.05) is 10.3 Å². The van der Waals surface area contributed by atoms with Gasteiger partial charge in [-0.2, -0.15) is 0 Å². The lowest BCUT2D eigenvalue weighted by atomic mass is 9.94. The van der Waals surface area contributed by atoms with Crippen LogP contribution in [-0.4, -0.2) is 11.8 Å². The smallest absolute Gasteiger partial charge is 0.259 e. The molecule has 3 rings (SSSR count). The number of amides is 2. The van der Waals surface area contributed by atoms with Crippen molar-refractivity contribution in [2.75, 3.05) is 10.6 Å². The van der Waals surface area contributed by atoms with Gasteiger partial charge in [-0.05, 0) is 43.4 Å². The van der Waals surface area contributed by atoms with Crippen molar-refractivity contribution >= 4 is 33.8 Å². The molecule has 1 aliphatic carbocycles. The number of benzene rings is 1. The van der Waals surface area contributed by atoms with E-state index >= 15 is 0 Å². The first kappa shape index (κ1) is 18.6. The third kappa shape index (κ3) is 3.80. The summed E-state index contributed by atoms with van der Waals surface area (Å²) in [6.07, 6.45) is 3.80. The van der Waals surface area contributed by atoms with E-state index in [2.05, 4.69) is 10.6 Å². The molecule has 6 heteroatoms. The van der Waals surface area contributed by atoms with Gasteiger partial charge >= 0.3 is 0 Å². The van der Waals surface area contributed by atoms with Gasteiger partial charge in [0.25, 0.3) is 5.91 Å². The summed E-state index contributed by atoms with van der Waals surface area (Å²) in [6.45, 7) is 5.48. The first-order valence-corrected chi connectivity index (χ1v) is 9.61. The van der Waals surface area contributed by atoms with Crippen LogP contribution in [0, 0.1) is 11.2 Å². The first-order chi connectivity index (χ1) is 12.3. The van der Waals surface area contributed by atoms with Crippen molar-refractivity contribution in [3.05, 3.63) is 46.1 Å². The van der Waals surface area contributed by atoms with Crippen LogP contribution >= 0.6 is 11.3 Å². The van der Waals surface area contributed by atoms with E-state index in [1.807, 2.05) is 20.8 Å². The molecule has 2 aromatic rings. The molecule has 1 aromatic carbocycles. The molecule has 2 amide bonds. The molecule has 1 heterocycles. The van der Waals surface area contributed by atoms with E-state index in [4.69, 9.17) is 0 Å². The minimum atomic E-state index is -0.566. The Morgan fingerprint density at radius 3 is 2.46 bits per heavy atom. The zero-order chi connectivity index (χ0) is 18.9. The van der Waals surface area contributed by atoms with Crippen molar-refractivity contribution in [2.24, 2.45) is 5.41 Å². The van der Waals surface area contributed by atoms with Gasteiger partial charge in [-0.25, -0.2) is 4.39 Å². The van der Waals surface area contributed by atoms with Crippen LogP contribution in [0.15, 0.2) is 24.3 Å². The van der Waals surface area contributed by atoms with Gasteiger partial charge < -0.3 is 10.6 Å². The predicted molar refractivity (Wildman–Crippen MR) is 103 cm³/mol. The Balaban J connectivity index is 1.96. The number of nitrogens with one attached hydrogen (secondary N) is 2. The lowest BCUT2D eigenvalue weighted by Crippen LogP contribution is -2.28. The van der Waals surface area contributed by atoms with Crippen molar-refractivity contribution in [1.29, 1.82) is 0 Å². The molecular formula is C20H23FN2O2S. The SMILES string of the molecule is CC(C)(C)C(=O)Nc1sc2c(c1C(=O)Nc1ccccc1F)CCCC2. The van der Waals surface area contributed by atoms with Gasteiger partial charge in [0.15, 0.2) is 0 Å². The Kier molecular flexibility index (Phi) is 5.14. The number of carbonyl (C=O) groups excluding carboxylic acids is 2. The summed E-state index contributed by atoms with van der Waals surface area (Å²) < 4.78 is 13.9. The monoisotopic (exact) mass is 374 g/mol. The maximum absolute atomic E-state index is 13.9. The topological polar surface area (TPSA) is 58.2 Å².